The first-order valence-corrected chi connectivity index (χ1v) is 14.6. The molecule has 0 spiro atoms. The maximum absolute atomic E-state index is 10.8. The second kappa shape index (κ2) is 21.2. The maximum atomic E-state index is 10.8. The lowest BCUT2D eigenvalue weighted by atomic mass is 9.98. The van der Waals surface area contributed by atoms with E-state index in [4.69, 9.17) is 14.6 Å². The van der Waals surface area contributed by atoms with Crippen LogP contribution in [0.15, 0.2) is 0 Å². The molecular weight excluding hydrogens is 464 g/mol. The quantitative estimate of drug-likeness (QED) is 0.123. The molecule has 0 saturated carbocycles. The molecule has 6 atom stereocenters. The van der Waals surface area contributed by atoms with E-state index >= 15 is 0 Å². The van der Waals surface area contributed by atoms with Crippen molar-refractivity contribution in [3.05, 3.63) is 0 Å². The summed E-state index contributed by atoms with van der Waals surface area (Å²) in [6.45, 7) is 1.76. The molecule has 1 aliphatic heterocycles. The lowest BCUT2D eigenvalue weighted by Gasteiger charge is -2.41. The third-order valence-corrected chi connectivity index (χ3v) is 7.22. The van der Waals surface area contributed by atoms with E-state index in [0.717, 1.165) is 19.3 Å². The van der Waals surface area contributed by atoms with Gasteiger partial charge in [0.15, 0.2) is 6.29 Å². The van der Waals surface area contributed by atoms with Crippen LogP contribution in [-0.4, -0.2) is 74.9 Å². The van der Waals surface area contributed by atoms with Crippen molar-refractivity contribution in [3.8, 4) is 0 Å². The molecule has 1 rings (SSSR count). The molecule has 1 fully saturated rings. The Morgan fingerprint density at radius 2 is 1.19 bits per heavy atom. The predicted molar refractivity (Wildman–Crippen MR) is 140 cm³/mol. The molecule has 0 aromatic heterocycles. The van der Waals surface area contributed by atoms with Crippen LogP contribution < -0.4 is 0 Å². The van der Waals surface area contributed by atoms with Gasteiger partial charge in [-0.1, -0.05) is 103 Å². The Morgan fingerprint density at radius 1 is 0.722 bits per heavy atom. The summed E-state index contributed by atoms with van der Waals surface area (Å²) in [7, 11) is 0. The Morgan fingerprint density at radius 3 is 1.67 bits per heavy atom. The van der Waals surface area contributed by atoms with Crippen LogP contribution in [0.4, 0.5) is 0 Å². The number of hydrogen-bond acceptors (Lipinski definition) is 7. The molecule has 0 bridgehead atoms. The fourth-order valence-electron chi connectivity index (χ4n) is 4.86. The van der Waals surface area contributed by atoms with Crippen molar-refractivity contribution in [1.82, 2.24) is 0 Å². The van der Waals surface area contributed by atoms with E-state index < -0.39 is 43.3 Å². The Bertz CT molecular complexity index is 530. The Kier molecular flexibility index (Phi) is 19.6. The number of carbonyl (C=O) groups is 1. The van der Waals surface area contributed by atoms with Crippen LogP contribution in [0.2, 0.25) is 0 Å². The van der Waals surface area contributed by atoms with Crippen LogP contribution >= 0.6 is 0 Å². The minimum absolute atomic E-state index is 0.103. The van der Waals surface area contributed by atoms with E-state index in [1.54, 1.807) is 0 Å². The van der Waals surface area contributed by atoms with Crippen LogP contribution in [0.1, 0.15) is 129 Å². The average Bonchev–Trinajstić information content (AvgIpc) is 2.86. The monoisotopic (exact) mass is 518 g/mol. The largest absolute Gasteiger partial charge is 0.481 e. The molecule has 0 radical (unpaired) electrons. The van der Waals surface area contributed by atoms with Gasteiger partial charge in [0.1, 0.15) is 24.4 Å². The second-order valence-electron chi connectivity index (χ2n) is 10.5. The second-order valence-corrected chi connectivity index (χ2v) is 10.5. The topological polar surface area (TPSA) is 137 Å². The Balaban J connectivity index is 2.27. The van der Waals surface area contributed by atoms with Crippen LogP contribution in [0.25, 0.3) is 0 Å². The number of hydrogen-bond donors (Lipinski definition) is 5. The van der Waals surface area contributed by atoms with Gasteiger partial charge in [0.25, 0.3) is 0 Å². The number of carboxylic acids is 1. The zero-order chi connectivity index (χ0) is 26.6. The summed E-state index contributed by atoms with van der Waals surface area (Å²) in [6.07, 6.45) is 13.9. The van der Waals surface area contributed by atoms with E-state index in [1.807, 2.05) is 0 Å². The van der Waals surface area contributed by atoms with Crippen LogP contribution in [-0.2, 0) is 14.3 Å². The fraction of sp³-hybridized carbons (Fsp3) is 0.964. The summed E-state index contributed by atoms with van der Waals surface area (Å²) in [5.74, 6) is -0.826. The number of aliphatic carboxylic acids is 1. The first kappa shape index (κ1) is 33.3. The highest BCUT2D eigenvalue weighted by Gasteiger charge is 2.44. The molecule has 1 aliphatic rings. The summed E-state index contributed by atoms with van der Waals surface area (Å²) in [5.41, 5.74) is 0. The van der Waals surface area contributed by atoms with E-state index in [2.05, 4.69) is 6.92 Å². The van der Waals surface area contributed by atoms with Crippen molar-refractivity contribution in [2.75, 3.05) is 6.61 Å². The first-order valence-electron chi connectivity index (χ1n) is 14.6. The third kappa shape index (κ3) is 14.8. The molecule has 214 valence electrons. The highest BCUT2D eigenvalue weighted by Crippen LogP contribution is 2.26. The molecule has 1 heterocycles. The maximum Gasteiger partial charge on any atom is 0.303 e. The Hall–Kier alpha value is -0.770. The van der Waals surface area contributed by atoms with Crippen molar-refractivity contribution in [2.24, 2.45) is 0 Å². The molecule has 6 unspecified atom stereocenters. The molecule has 0 aromatic carbocycles. The molecule has 0 aliphatic carbocycles. The third-order valence-electron chi connectivity index (χ3n) is 7.22. The molecule has 5 N–H and O–H groups in total. The van der Waals surface area contributed by atoms with Gasteiger partial charge in [-0.2, -0.15) is 0 Å². The predicted octanol–water partition coefficient (Wildman–Crippen LogP) is 4.69. The van der Waals surface area contributed by atoms with E-state index in [9.17, 15) is 25.2 Å². The Labute approximate surface area is 218 Å². The van der Waals surface area contributed by atoms with Crippen LogP contribution in [0.5, 0.6) is 0 Å². The molecule has 0 amide bonds. The fourth-order valence-corrected chi connectivity index (χ4v) is 4.86. The number of carboxylic acid groups (broad SMARTS) is 1. The lowest BCUT2D eigenvalue weighted by Crippen LogP contribution is -2.59. The van der Waals surface area contributed by atoms with Gasteiger partial charge >= 0.3 is 5.97 Å². The number of rotatable bonds is 23. The van der Waals surface area contributed by atoms with Gasteiger partial charge in [-0.05, 0) is 19.3 Å². The summed E-state index contributed by atoms with van der Waals surface area (Å²) in [5, 5.41) is 48.6. The number of unbranched alkanes of at least 4 members (excludes halogenated alkanes) is 14. The zero-order valence-electron chi connectivity index (χ0n) is 22.6. The van der Waals surface area contributed by atoms with E-state index in [1.165, 1.54) is 77.0 Å². The summed E-state index contributed by atoms with van der Waals surface area (Å²) in [4.78, 5) is 10.8. The van der Waals surface area contributed by atoms with Crippen molar-refractivity contribution in [1.29, 1.82) is 0 Å². The molecule has 0 aromatic rings. The van der Waals surface area contributed by atoms with Gasteiger partial charge in [-0.3, -0.25) is 4.79 Å². The van der Waals surface area contributed by atoms with Crippen molar-refractivity contribution in [2.45, 2.75) is 166 Å². The minimum atomic E-state index is -1.46. The molecule has 8 nitrogen and oxygen atoms in total. The highest BCUT2D eigenvalue weighted by molar-refractivity contribution is 5.66. The van der Waals surface area contributed by atoms with Gasteiger partial charge in [0.2, 0.25) is 0 Å². The van der Waals surface area contributed by atoms with E-state index in [0.29, 0.717) is 19.3 Å². The molecule has 8 heteroatoms. The number of aliphatic hydroxyl groups excluding tert-OH is 4. The van der Waals surface area contributed by atoms with E-state index in [-0.39, 0.29) is 12.5 Å². The normalized spacial score (nSPS) is 25.2. The lowest BCUT2D eigenvalue weighted by molar-refractivity contribution is -0.312. The summed E-state index contributed by atoms with van der Waals surface area (Å²) in [6, 6.07) is 0. The van der Waals surface area contributed by atoms with Crippen molar-refractivity contribution in [3.63, 3.8) is 0 Å². The minimum Gasteiger partial charge on any atom is -0.481 e. The van der Waals surface area contributed by atoms with Crippen LogP contribution in [0.3, 0.4) is 0 Å². The standard InChI is InChI=1S/C28H54O8/c1-2-3-4-5-6-7-8-9-10-11-12-13-14-15-18-22(19-16-17-20-24(30)31)35-28-27(34)26(33)25(32)23(21-29)36-28/h22-23,25-29,32-34H,2-21H2,1H3,(H,30,31). The highest BCUT2D eigenvalue weighted by atomic mass is 16.7. The molecule has 1 saturated heterocycles. The number of ether oxygens (including phenoxy) is 2. The molecule has 36 heavy (non-hydrogen) atoms. The zero-order valence-corrected chi connectivity index (χ0v) is 22.6. The van der Waals surface area contributed by atoms with Gasteiger partial charge < -0.3 is 35.0 Å². The SMILES string of the molecule is CCCCCCCCCCCCCCCCC(CCCCC(=O)O)OC1OC(CO)C(O)C(O)C1O. The molecular formula is C28H54O8. The first-order chi connectivity index (χ1) is 17.4. The van der Waals surface area contributed by atoms with Gasteiger partial charge in [0.05, 0.1) is 12.7 Å². The van der Waals surface area contributed by atoms with Gasteiger partial charge in [-0.25, -0.2) is 0 Å². The average molecular weight is 519 g/mol. The van der Waals surface area contributed by atoms with Crippen molar-refractivity contribution >= 4 is 5.97 Å². The van der Waals surface area contributed by atoms with Crippen molar-refractivity contribution < 1.29 is 39.8 Å². The number of aliphatic hydroxyl groups is 4. The van der Waals surface area contributed by atoms with Crippen LogP contribution in [0, 0.1) is 0 Å². The van der Waals surface area contributed by atoms with Gasteiger partial charge in [0, 0.05) is 6.42 Å². The summed E-state index contributed by atoms with van der Waals surface area (Å²) >= 11 is 0. The van der Waals surface area contributed by atoms with Gasteiger partial charge in [-0.15, -0.1) is 0 Å². The summed E-state index contributed by atoms with van der Waals surface area (Å²) < 4.78 is 11.5. The smallest absolute Gasteiger partial charge is 0.303 e.